The van der Waals surface area contributed by atoms with Crippen molar-refractivity contribution in [2.24, 2.45) is 0 Å². The maximum Gasteiger partial charge on any atom is 0.254 e. The van der Waals surface area contributed by atoms with E-state index in [1.165, 1.54) is 6.26 Å². The maximum atomic E-state index is 13.0. The Kier molecular flexibility index (Phi) is 5.44. The van der Waals surface area contributed by atoms with Gasteiger partial charge in [0.2, 0.25) is 0 Å². The molecule has 5 nitrogen and oxygen atoms in total. The van der Waals surface area contributed by atoms with Gasteiger partial charge < -0.3 is 9.64 Å². The van der Waals surface area contributed by atoms with Gasteiger partial charge in [0.25, 0.3) is 5.91 Å². The van der Waals surface area contributed by atoms with Crippen molar-refractivity contribution in [2.75, 3.05) is 19.3 Å². The molecule has 3 rings (SSSR count). The van der Waals surface area contributed by atoms with Crippen molar-refractivity contribution < 1.29 is 17.9 Å². The van der Waals surface area contributed by atoms with Crippen LogP contribution in [0.4, 0.5) is 0 Å². The molecule has 0 N–H and O–H groups in total. The number of amides is 1. The Balaban J connectivity index is 1.79. The lowest BCUT2D eigenvalue weighted by Crippen LogP contribution is -2.46. The van der Waals surface area contributed by atoms with Crippen LogP contribution in [0.1, 0.15) is 34.5 Å². The third-order valence-electron chi connectivity index (χ3n) is 4.32. The van der Waals surface area contributed by atoms with Crippen LogP contribution in [0.3, 0.4) is 0 Å². The topological polar surface area (TPSA) is 63.7 Å². The molecule has 0 bridgehead atoms. The average Bonchev–Trinajstić information content (AvgIpc) is 2.60. The van der Waals surface area contributed by atoms with E-state index in [0.29, 0.717) is 24.2 Å². The molecule has 1 amide bonds. The minimum Gasteiger partial charge on any atom is -0.367 e. The molecular formula is C20H23NO4S. The molecule has 26 heavy (non-hydrogen) atoms. The summed E-state index contributed by atoms with van der Waals surface area (Å²) < 4.78 is 29.0. The number of hydrogen-bond acceptors (Lipinski definition) is 4. The fourth-order valence-corrected chi connectivity index (χ4v) is 4.03. The standard InChI is InChI=1S/C20H23NO4S/c1-15-12-21(13-19(25-15)17-8-4-3-5-9-17)20(22)18-10-6-7-16(11-18)14-26(2,23)24/h3-11,15,19H,12-14H2,1-2H3. The zero-order valence-corrected chi connectivity index (χ0v) is 15.8. The number of ether oxygens (including phenoxy) is 1. The summed E-state index contributed by atoms with van der Waals surface area (Å²) in [7, 11) is -3.14. The van der Waals surface area contributed by atoms with Crippen LogP contribution in [-0.4, -0.2) is 44.7 Å². The quantitative estimate of drug-likeness (QED) is 0.827. The number of sulfone groups is 1. The van der Waals surface area contributed by atoms with E-state index in [9.17, 15) is 13.2 Å². The molecule has 0 spiro atoms. The van der Waals surface area contributed by atoms with E-state index in [2.05, 4.69) is 0 Å². The normalized spacial score (nSPS) is 20.8. The van der Waals surface area contributed by atoms with Crippen LogP contribution in [0.2, 0.25) is 0 Å². The summed E-state index contributed by atoms with van der Waals surface area (Å²) in [6, 6.07) is 16.7. The Morgan fingerprint density at radius 1 is 1.12 bits per heavy atom. The van der Waals surface area contributed by atoms with Crippen LogP contribution >= 0.6 is 0 Å². The second-order valence-electron chi connectivity index (χ2n) is 6.83. The first kappa shape index (κ1) is 18.6. The molecule has 2 aromatic carbocycles. The zero-order chi connectivity index (χ0) is 18.7. The molecule has 2 aromatic rings. The van der Waals surface area contributed by atoms with Crippen molar-refractivity contribution in [2.45, 2.75) is 24.9 Å². The SMILES string of the molecule is CC1CN(C(=O)c2cccc(CS(C)(=O)=O)c2)CC(c2ccccc2)O1. The molecule has 1 fully saturated rings. The van der Waals surface area contributed by atoms with Gasteiger partial charge in [0.15, 0.2) is 9.84 Å². The van der Waals surface area contributed by atoms with Crippen molar-refractivity contribution in [1.82, 2.24) is 4.90 Å². The first-order valence-corrected chi connectivity index (χ1v) is 10.6. The maximum absolute atomic E-state index is 13.0. The zero-order valence-electron chi connectivity index (χ0n) is 15.0. The van der Waals surface area contributed by atoms with Crippen LogP contribution in [0.5, 0.6) is 0 Å². The van der Waals surface area contributed by atoms with Crippen LogP contribution in [0.25, 0.3) is 0 Å². The van der Waals surface area contributed by atoms with Gasteiger partial charge in [-0.25, -0.2) is 8.42 Å². The summed E-state index contributed by atoms with van der Waals surface area (Å²) in [5, 5.41) is 0. The lowest BCUT2D eigenvalue weighted by atomic mass is 10.0. The van der Waals surface area contributed by atoms with E-state index in [1.54, 1.807) is 29.2 Å². The van der Waals surface area contributed by atoms with Crippen molar-refractivity contribution in [3.05, 3.63) is 71.3 Å². The molecule has 6 heteroatoms. The van der Waals surface area contributed by atoms with Gasteiger partial charge >= 0.3 is 0 Å². The predicted octanol–water partition coefficient (Wildman–Crippen LogP) is 2.83. The number of hydrogen-bond donors (Lipinski definition) is 0. The molecule has 138 valence electrons. The minimum absolute atomic E-state index is 0.0692. The Morgan fingerprint density at radius 3 is 2.54 bits per heavy atom. The molecule has 0 aliphatic carbocycles. The van der Waals surface area contributed by atoms with Crippen molar-refractivity contribution in [3.63, 3.8) is 0 Å². The van der Waals surface area contributed by atoms with E-state index in [0.717, 1.165) is 5.56 Å². The van der Waals surface area contributed by atoms with Crippen molar-refractivity contribution in [3.8, 4) is 0 Å². The highest BCUT2D eigenvalue weighted by atomic mass is 32.2. The van der Waals surface area contributed by atoms with E-state index in [-0.39, 0.29) is 23.9 Å². The van der Waals surface area contributed by atoms with Crippen molar-refractivity contribution >= 4 is 15.7 Å². The molecule has 1 saturated heterocycles. The van der Waals surface area contributed by atoms with Gasteiger partial charge in [0.05, 0.1) is 18.4 Å². The fraction of sp³-hybridized carbons (Fsp3) is 0.350. The Morgan fingerprint density at radius 2 is 1.85 bits per heavy atom. The van der Waals surface area contributed by atoms with Crippen LogP contribution in [0.15, 0.2) is 54.6 Å². The smallest absolute Gasteiger partial charge is 0.254 e. The van der Waals surface area contributed by atoms with E-state index < -0.39 is 9.84 Å². The Bertz CT molecular complexity index is 880. The third kappa shape index (κ3) is 4.71. The molecule has 0 aromatic heterocycles. The van der Waals surface area contributed by atoms with Gasteiger partial charge in [-0.15, -0.1) is 0 Å². The van der Waals surface area contributed by atoms with Gasteiger partial charge in [-0.1, -0.05) is 42.5 Å². The number of carbonyl (C=O) groups is 1. The van der Waals surface area contributed by atoms with E-state index >= 15 is 0 Å². The average molecular weight is 373 g/mol. The highest BCUT2D eigenvalue weighted by Gasteiger charge is 2.30. The molecule has 0 saturated carbocycles. The highest BCUT2D eigenvalue weighted by Crippen LogP contribution is 2.26. The highest BCUT2D eigenvalue weighted by molar-refractivity contribution is 7.89. The lowest BCUT2D eigenvalue weighted by molar-refractivity contribution is -0.0691. The van der Waals surface area contributed by atoms with Crippen LogP contribution < -0.4 is 0 Å². The third-order valence-corrected chi connectivity index (χ3v) is 5.18. The predicted molar refractivity (Wildman–Crippen MR) is 101 cm³/mol. The molecular weight excluding hydrogens is 350 g/mol. The number of morpholine rings is 1. The summed E-state index contributed by atoms with van der Waals surface area (Å²) in [5.74, 6) is -0.170. The van der Waals surface area contributed by atoms with Gasteiger partial charge in [-0.05, 0) is 30.2 Å². The monoisotopic (exact) mass is 373 g/mol. The van der Waals surface area contributed by atoms with Gasteiger partial charge in [0, 0.05) is 18.4 Å². The molecule has 1 heterocycles. The van der Waals surface area contributed by atoms with Gasteiger partial charge in [-0.2, -0.15) is 0 Å². The molecule has 2 unspecified atom stereocenters. The first-order chi connectivity index (χ1) is 12.3. The van der Waals surface area contributed by atoms with Gasteiger partial charge in [0.1, 0.15) is 6.10 Å². The Hall–Kier alpha value is -2.18. The second kappa shape index (κ2) is 7.60. The summed E-state index contributed by atoms with van der Waals surface area (Å²) >= 11 is 0. The van der Waals surface area contributed by atoms with Gasteiger partial charge in [-0.3, -0.25) is 4.79 Å². The lowest BCUT2D eigenvalue weighted by Gasteiger charge is -2.37. The summed E-state index contributed by atoms with van der Waals surface area (Å²) in [4.78, 5) is 14.7. The van der Waals surface area contributed by atoms with Crippen LogP contribution in [0, 0.1) is 0 Å². The molecule has 1 aliphatic rings. The van der Waals surface area contributed by atoms with Crippen molar-refractivity contribution in [1.29, 1.82) is 0 Å². The summed E-state index contributed by atoms with van der Waals surface area (Å²) in [5.41, 5.74) is 2.18. The molecule has 0 radical (unpaired) electrons. The summed E-state index contributed by atoms with van der Waals surface area (Å²) in [6.45, 7) is 2.94. The van der Waals surface area contributed by atoms with Crippen LogP contribution in [-0.2, 0) is 20.3 Å². The summed E-state index contributed by atoms with van der Waals surface area (Å²) in [6.07, 6.45) is 0.954. The number of nitrogens with zero attached hydrogens (tertiary/aromatic N) is 1. The second-order valence-corrected chi connectivity index (χ2v) is 8.97. The van der Waals surface area contributed by atoms with E-state index in [1.807, 2.05) is 37.3 Å². The molecule has 2 atom stereocenters. The first-order valence-electron chi connectivity index (χ1n) is 8.58. The number of carbonyl (C=O) groups excluding carboxylic acids is 1. The fourth-order valence-electron chi connectivity index (χ4n) is 3.25. The number of benzene rings is 2. The Labute approximate surface area is 154 Å². The van der Waals surface area contributed by atoms with E-state index in [4.69, 9.17) is 4.74 Å². The largest absolute Gasteiger partial charge is 0.367 e. The minimum atomic E-state index is -3.14. The number of rotatable bonds is 4. The molecule has 1 aliphatic heterocycles.